The third-order valence-corrected chi connectivity index (χ3v) is 4.93. The van der Waals surface area contributed by atoms with E-state index in [4.69, 9.17) is 4.74 Å². The number of hydrogen-bond acceptors (Lipinski definition) is 4. The highest BCUT2D eigenvalue weighted by Crippen LogP contribution is 2.14. The molecule has 1 fully saturated rings. The zero-order valence-electron chi connectivity index (χ0n) is 15.2. The van der Waals surface area contributed by atoms with Gasteiger partial charge < -0.3 is 10.1 Å². The summed E-state index contributed by atoms with van der Waals surface area (Å²) in [5, 5.41) is 3.06. The zero-order chi connectivity index (χ0) is 17.5. The van der Waals surface area contributed by atoms with E-state index < -0.39 is 0 Å². The molecule has 1 amide bonds. The number of aryl methyl sites for hydroxylation is 1. The lowest BCUT2D eigenvalue weighted by Gasteiger charge is -2.27. The fourth-order valence-corrected chi connectivity index (χ4v) is 3.28. The van der Waals surface area contributed by atoms with Gasteiger partial charge in [-0.1, -0.05) is 35.9 Å². The fraction of sp³-hybridized carbons (Fsp3) is 0.550. The van der Waals surface area contributed by atoms with Gasteiger partial charge in [0.05, 0.1) is 13.2 Å². The first-order chi connectivity index (χ1) is 12.2. The molecule has 0 atom stereocenters. The average Bonchev–Trinajstić information content (AvgIpc) is 2.65. The first-order valence-electron chi connectivity index (χ1n) is 9.26. The maximum atomic E-state index is 12.3. The van der Waals surface area contributed by atoms with Gasteiger partial charge in [-0.05, 0) is 18.9 Å². The molecule has 1 N–H and O–H groups in total. The summed E-state index contributed by atoms with van der Waals surface area (Å²) >= 11 is 0. The summed E-state index contributed by atoms with van der Waals surface area (Å²) in [7, 11) is 0. The molecule has 0 aliphatic carbocycles. The van der Waals surface area contributed by atoms with E-state index in [2.05, 4.69) is 52.4 Å². The Morgan fingerprint density at radius 1 is 1.12 bits per heavy atom. The van der Waals surface area contributed by atoms with Crippen molar-refractivity contribution in [3.05, 3.63) is 47.0 Å². The van der Waals surface area contributed by atoms with Crippen LogP contribution in [0.25, 0.3) is 0 Å². The Morgan fingerprint density at radius 2 is 1.88 bits per heavy atom. The predicted molar refractivity (Wildman–Crippen MR) is 99.4 cm³/mol. The van der Waals surface area contributed by atoms with Crippen LogP contribution < -0.4 is 5.32 Å². The number of ether oxygens (including phenoxy) is 1. The van der Waals surface area contributed by atoms with Crippen LogP contribution in [0.2, 0.25) is 0 Å². The average molecular weight is 343 g/mol. The quantitative estimate of drug-likeness (QED) is 0.852. The van der Waals surface area contributed by atoms with E-state index in [0.29, 0.717) is 6.54 Å². The Hall–Kier alpha value is -1.69. The first kappa shape index (κ1) is 18.1. The van der Waals surface area contributed by atoms with Gasteiger partial charge in [0, 0.05) is 51.4 Å². The van der Waals surface area contributed by atoms with Gasteiger partial charge in [-0.3, -0.25) is 14.6 Å². The van der Waals surface area contributed by atoms with E-state index in [1.807, 2.05) is 0 Å². The Balaban J connectivity index is 1.39. The van der Waals surface area contributed by atoms with Gasteiger partial charge in [0.2, 0.25) is 5.91 Å². The number of morpholine rings is 1. The Morgan fingerprint density at radius 3 is 2.56 bits per heavy atom. The van der Waals surface area contributed by atoms with Crippen molar-refractivity contribution in [2.45, 2.75) is 19.9 Å². The standard InChI is InChI=1S/C20H29N3O2/c1-17-2-4-18(5-3-17)16-23-9-6-19(7-10-23)20(24)21-8-11-22-12-14-25-15-13-22/h2-6H,7-16H2,1H3,(H,21,24). The van der Waals surface area contributed by atoms with Gasteiger partial charge in [0.1, 0.15) is 0 Å². The van der Waals surface area contributed by atoms with E-state index in [9.17, 15) is 4.79 Å². The number of hydrogen-bond donors (Lipinski definition) is 1. The van der Waals surface area contributed by atoms with Crippen molar-refractivity contribution >= 4 is 5.91 Å². The molecule has 5 nitrogen and oxygen atoms in total. The lowest BCUT2D eigenvalue weighted by atomic mass is 10.1. The van der Waals surface area contributed by atoms with E-state index in [0.717, 1.165) is 64.5 Å². The monoisotopic (exact) mass is 343 g/mol. The van der Waals surface area contributed by atoms with E-state index in [1.165, 1.54) is 11.1 Å². The minimum absolute atomic E-state index is 0.100. The van der Waals surface area contributed by atoms with Crippen LogP contribution in [0.5, 0.6) is 0 Å². The fourth-order valence-electron chi connectivity index (χ4n) is 3.28. The second-order valence-corrected chi connectivity index (χ2v) is 6.91. The van der Waals surface area contributed by atoms with Crippen LogP contribution in [0.15, 0.2) is 35.9 Å². The Kier molecular flexibility index (Phi) is 6.62. The number of nitrogens with one attached hydrogen (secondary N) is 1. The highest BCUT2D eigenvalue weighted by molar-refractivity contribution is 5.93. The molecule has 0 aromatic heterocycles. The molecule has 136 valence electrons. The highest BCUT2D eigenvalue weighted by atomic mass is 16.5. The maximum absolute atomic E-state index is 12.3. The summed E-state index contributed by atoms with van der Waals surface area (Å²) in [6.07, 6.45) is 2.91. The summed E-state index contributed by atoms with van der Waals surface area (Å²) in [6, 6.07) is 8.69. The van der Waals surface area contributed by atoms with Crippen molar-refractivity contribution in [3.63, 3.8) is 0 Å². The van der Waals surface area contributed by atoms with Gasteiger partial charge >= 0.3 is 0 Å². The number of rotatable bonds is 6. The third kappa shape index (κ3) is 5.66. The van der Waals surface area contributed by atoms with Crippen LogP contribution in [0.1, 0.15) is 17.5 Å². The summed E-state index contributed by atoms with van der Waals surface area (Å²) in [4.78, 5) is 17.0. The van der Waals surface area contributed by atoms with Gasteiger partial charge in [-0.25, -0.2) is 0 Å². The van der Waals surface area contributed by atoms with Gasteiger partial charge in [-0.15, -0.1) is 0 Å². The molecule has 0 saturated carbocycles. The van der Waals surface area contributed by atoms with Crippen LogP contribution in [0.3, 0.4) is 0 Å². The molecule has 1 aromatic rings. The van der Waals surface area contributed by atoms with Crippen molar-refractivity contribution in [3.8, 4) is 0 Å². The molecule has 0 unspecified atom stereocenters. The molecule has 0 spiro atoms. The largest absolute Gasteiger partial charge is 0.379 e. The molecule has 25 heavy (non-hydrogen) atoms. The minimum Gasteiger partial charge on any atom is -0.379 e. The summed E-state index contributed by atoms with van der Waals surface area (Å²) in [5.41, 5.74) is 3.55. The van der Waals surface area contributed by atoms with Crippen molar-refractivity contribution in [2.75, 3.05) is 52.5 Å². The Labute approximate surface area is 150 Å². The van der Waals surface area contributed by atoms with E-state index >= 15 is 0 Å². The van der Waals surface area contributed by atoms with Crippen LogP contribution in [0, 0.1) is 6.92 Å². The molecular weight excluding hydrogens is 314 g/mol. The van der Waals surface area contributed by atoms with Crippen LogP contribution in [0.4, 0.5) is 0 Å². The molecule has 2 aliphatic heterocycles. The lowest BCUT2D eigenvalue weighted by molar-refractivity contribution is -0.117. The SMILES string of the molecule is Cc1ccc(CN2CC=C(C(=O)NCCN3CCOCC3)CC2)cc1. The topological polar surface area (TPSA) is 44.8 Å². The number of carbonyl (C=O) groups excluding carboxylic acids is 1. The van der Waals surface area contributed by atoms with Gasteiger partial charge in [0.25, 0.3) is 0 Å². The summed E-state index contributed by atoms with van der Waals surface area (Å²) < 4.78 is 5.34. The predicted octanol–water partition coefficient (Wildman–Crippen LogP) is 1.58. The van der Waals surface area contributed by atoms with Crippen molar-refractivity contribution in [1.82, 2.24) is 15.1 Å². The maximum Gasteiger partial charge on any atom is 0.247 e. The number of nitrogens with zero attached hydrogens (tertiary/aromatic N) is 2. The number of benzene rings is 1. The smallest absolute Gasteiger partial charge is 0.247 e. The van der Waals surface area contributed by atoms with Crippen molar-refractivity contribution < 1.29 is 9.53 Å². The third-order valence-electron chi connectivity index (χ3n) is 4.93. The molecule has 0 radical (unpaired) electrons. The number of amides is 1. The molecule has 0 bridgehead atoms. The van der Waals surface area contributed by atoms with Crippen molar-refractivity contribution in [1.29, 1.82) is 0 Å². The van der Waals surface area contributed by atoms with Gasteiger partial charge in [0.15, 0.2) is 0 Å². The first-order valence-corrected chi connectivity index (χ1v) is 9.26. The highest BCUT2D eigenvalue weighted by Gasteiger charge is 2.17. The molecule has 2 aliphatic rings. The van der Waals surface area contributed by atoms with Crippen LogP contribution >= 0.6 is 0 Å². The second-order valence-electron chi connectivity index (χ2n) is 6.91. The molecule has 1 saturated heterocycles. The summed E-state index contributed by atoms with van der Waals surface area (Å²) in [6.45, 7) is 9.99. The zero-order valence-corrected chi connectivity index (χ0v) is 15.2. The molecule has 2 heterocycles. The van der Waals surface area contributed by atoms with Gasteiger partial charge in [-0.2, -0.15) is 0 Å². The summed E-state index contributed by atoms with van der Waals surface area (Å²) in [5.74, 6) is 0.100. The lowest BCUT2D eigenvalue weighted by Crippen LogP contribution is -2.42. The van der Waals surface area contributed by atoms with Crippen LogP contribution in [-0.4, -0.2) is 68.2 Å². The second kappa shape index (κ2) is 9.13. The number of carbonyl (C=O) groups is 1. The molecule has 1 aromatic carbocycles. The molecule has 3 rings (SSSR count). The van der Waals surface area contributed by atoms with E-state index in [-0.39, 0.29) is 5.91 Å². The molecule has 5 heteroatoms. The normalized spacial score (nSPS) is 19.5. The minimum atomic E-state index is 0.100. The van der Waals surface area contributed by atoms with E-state index in [1.54, 1.807) is 0 Å². The van der Waals surface area contributed by atoms with Crippen LogP contribution in [-0.2, 0) is 16.1 Å². The van der Waals surface area contributed by atoms with Crippen molar-refractivity contribution in [2.24, 2.45) is 0 Å². The molecular formula is C20H29N3O2. The Bertz CT molecular complexity index is 591.